The zero-order valence-electron chi connectivity index (χ0n) is 11.0. The Bertz CT molecular complexity index is 674. The predicted molar refractivity (Wildman–Crippen MR) is 72.6 cm³/mol. The highest BCUT2D eigenvalue weighted by molar-refractivity contribution is 7.15. The second-order valence-electron chi connectivity index (χ2n) is 4.87. The van der Waals surface area contributed by atoms with Gasteiger partial charge >= 0.3 is 0 Å². The minimum Gasteiger partial charge on any atom is -0.394 e. The summed E-state index contributed by atoms with van der Waals surface area (Å²) in [6.45, 7) is 3.25. The molecule has 6 nitrogen and oxygen atoms in total. The summed E-state index contributed by atoms with van der Waals surface area (Å²) in [5.74, 6) is -0.447. The van der Waals surface area contributed by atoms with Crippen molar-refractivity contribution in [3.05, 3.63) is 33.7 Å². The van der Waals surface area contributed by atoms with Crippen LogP contribution in [0.4, 0.5) is 0 Å². The van der Waals surface area contributed by atoms with Gasteiger partial charge in [0.25, 0.3) is 11.5 Å². The van der Waals surface area contributed by atoms with Crippen LogP contribution in [-0.4, -0.2) is 44.5 Å². The van der Waals surface area contributed by atoms with Crippen LogP contribution in [0, 0.1) is 0 Å². The molecule has 0 atom stereocenters. The lowest BCUT2D eigenvalue weighted by atomic mass is 10.0. The lowest BCUT2D eigenvalue weighted by molar-refractivity contribution is 0.0471. The van der Waals surface area contributed by atoms with Crippen LogP contribution in [0.5, 0.6) is 0 Å². The largest absolute Gasteiger partial charge is 0.394 e. The van der Waals surface area contributed by atoms with Crippen LogP contribution < -0.4 is 5.56 Å². The molecule has 0 spiro atoms. The minimum absolute atomic E-state index is 0.0000694. The molecule has 2 aromatic heterocycles. The maximum Gasteiger partial charge on any atom is 0.271 e. The van der Waals surface area contributed by atoms with Gasteiger partial charge in [-0.2, -0.15) is 0 Å². The molecular weight excluding hydrogens is 266 g/mol. The number of aromatic nitrogens is 2. The van der Waals surface area contributed by atoms with Gasteiger partial charge in [0.15, 0.2) is 4.96 Å². The van der Waals surface area contributed by atoms with Crippen molar-refractivity contribution in [2.75, 3.05) is 13.7 Å². The molecule has 7 heteroatoms. The van der Waals surface area contributed by atoms with Crippen LogP contribution in [0.15, 0.2) is 22.6 Å². The number of carbonyl (C=O) groups excluding carboxylic acids is 1. The Labute approximate surface area is 113 Å². The van der Waals surface area contributed by atoms with Crippen LogP contribution in [0.25, 0.3) is 4.96 Å². The standard InChI is InChI=1S/C12H15N3O3S/c1-12(2,7-16)14(3)9(17)8-6-13-11-15(10(8)18)4-5-19-11/h4-6,16H,7H2,1-3H3. The summed E-state index contributed by atoms with van der Waals surface area (Å²) in [4.78, 5) is 30.5. The average Bonchev–Trinajstić information content (AvgIpc) is 2.86. The quantitative estimate of drug-likeness (QED) is 0.894. The van der Waals surface area contributed by atoms with Crippen LogP contribution >= 0.6 is 11.3 Å². The van der Waals surface area contributed by atoms with Crippen LogP contribution in [0.3, 0.4) is 0 Å². The van der Waals surface area contributed by atoms with Crippen LogP contribution in [0.2, 0.25) is 0 Å². The van der Waals surface area contributed by atoms with Gasteiger partial charge in [-0.15, -0.1) is 11.3 Å². The van der Waals surface area contributed by atoms with Gasteiger partial charge < -0.3 is 10.0 Å². The zero-order valence-corrected chi connectivity index (χ0v) is 11.8. The SMILES string of the molecule is CN(C(=O)c1cnc2sccn2c1=O)C(C)(C)CO. The van der Waals surface area contributed by atoms with E-state index in [0.29, 0.717) is 4.96 Å². The Morgan fingerprint density at radius 2 is 2.26 bits per heavy atom. The van der Waals surface area contributed by atoms with Crippen molar-refractivity contribution in [1.29, 1.82) is 0 Å². The topological polar surface area (TPSA) is 74.9 Å². The van der Waals surface area contributed by atoms with Gasteiger partial charge in [0.2, 0.25) is 0 Å². The summed E-state index contributed by atoms with van der Waals surface area (Å²) < 4.78 is 1.34. The third-order valence-electron chi connectivity index (χ3n) is 3.17. The number of aliphatic hydroxyl groups excluding tert-OH is 1. The molecule has 0 bridgehead atoms. The van der Waals surface area contributed by atoms with Gasteiger partial charge in [-0.1, -0.05) is 0 Å². The average molecular weight is 281 g/mol. The first kappa shape index (κ1) is 13.7. The molecule has 0 aliphatic heterocycles. The highest BCUT2D eigenvalue weighted by atomic mass is 32.1. The van der Waals surface area contributed by atoms with E-state index in [4.69, 9.17) is 0 Å². The summed E-state index contributed by atoms with van der Waals surface area (Å²) in [5.41, 5.74) is -1.13. The Balaban J connectivity index is 2.47. The van der Waals surface area contributed by atoms with Crippen molar-refractivity contribution in [2.24, 2.45) is 0 Å². The van der Waals surface area contributed by atoms with Crippen molar-refractivity contribution in [1.82, 2.24) is 14.3 Å². The van der Waals surface area contributed by atoms with E-state index in [1.54, 1.807) is 32.5 Å². The molecule has 0 saturated heterocycles. The van der Waals surface area contributed by atoms with Crippen molar-refractivity contribution in [3.63, 3.8) is 0 Å². The van der Waals surface area contributed by atoms with Gasteiger partial charge in [-0.05, 0) is 13.8 Å². The molecular formula is C12H15N3O3S. The lowest BCUT2D eigenvalue weighted by Crippen LogP contribution is -2.49. The van der Waals surface area contributed by atoms with Crippen molar-refractivity contribution < 1.29 is 9.90 Å². The minimum atomic E-state index is -0.738. The van der Waals surface area contributed by atoms with E-state index in [-0.39, 0.29) is 12.2 Å². The molecule has 0 radical (unpaired) electrons. The number of carbonyl (C=O) groups is 1. The van der Waals surface area contributed by atoms with E-state index in [1.807, 2.05) is 0 Å². The number of amides is 1. The summed E-state index contributed by atoms with van der Waals surface area (Å²) in [6.07, 6.45) is 2.88. The monoisotopic (exact) mass is 281 g/mol. The number of aliphatic hydroxyl groups is 1. The number of likely N-dealkylation sites (N-methyl/N-ethyl adjacent to an activating group) is 1. The summed E-state index contributed by atoms with van der Waals surface area (Å²) in [7, 11) is 1.56. The molecule has 1 N–H and O–H groups in total. The third kappa shape index (κ3) is 2.26. The fraction of sp³-hybridized carbons (Fsp3) is 0.417. The van der Waals surface area contributed by atoms with Crippen molar-refractivity contribution >= 4 is 22.2 Å². The third-order valence-corrected chi connectivity index (χ3v) is 3.94. The highest BCUT2D eigenvalue weighted by Gasteiger charge is 2.29. The number of rotatable bonds is 3. The number of thiazole rings is 1. The predicted octanol–water partition coefficient (Wildman–Crippen LogP) is 0.599. The first-order valence-corrected chi connectivity index (χ1v) is 6.60. The van der Waals surface area contributed by atoms with Gasteiger partial charge in [0.05, 0.1) is 12.1 Å². The molecule has 0 aliphatic carbocycles. The molecule has 2 aromatic rings. The van der Waals surface area contributed by atoms with Gasteiger partial charge in [-0.25, -0.2) is 4.98 Å². The number of nitrogens with zero attached hydrogens (tertiary/aromatic N) is 3. The number of hydrogen-bond acceptors (Lipinski definition) is 5. The molecule has 0 fully saturated rings. The molecule has 2 heterocycles. The van der Waals surface area contributed by atoms with E-state index in [0.717, 1.165) is 0 Å². The van der Waals surface area contributed by atoms with Crippen molar-refractivity contribution in [3.8, 4) is 0 Å². The zero-order chi connectivity index (χ0) is 14.2. The van der Waals surface area contributed by atoms with Crippen molar-refractivity contribution in [2.45, 2.75) is 19.4 Å². The molecule has 19 heavy (non-hydrogen) atoms. The molecule has 1 amide bonds. The lowest BCUT2D eigenvalue weighted by Gasteiger charge is -2.33. The molecule has 0 saturated carbocycles. The molecule has 102 valence electrons. The van der Waals surface area contributed by atoms with Gasteiger partial charge in [0.1, 0.15) is 5.56 Å². The first-order valence-electron chi connectivity index (χ1n) is 5.72. The Kier molecular flexibility index (Phi) is 3.42. The maximum atomic E-state index is 12.3. The first-order chi connectivity index (χ1) is 8.88. The van der Waals surface area contributed by atoms with E-state index >= 15 is 0 Å². The second-order valence-corrected chi connectivity index (χ2v) is 5.74. The summed E-state index contributed by atoms with van der Waals surface area (Å²) in [6, 6.07) is 0. The van der Waals surface area contributed by atoms with E-state index < -0.39 is 17.0 Å². The van der Waals surface area contributed by atoms with E-state index in [1.165, 1.54) is 26.8 Å². The molecule has 0 unspecified atom stereocenters. The Morgan fingerprint density at radius 1 is 1.58 bits per heavy atom. The second kappa shape index (κ2) is 4.75. The maximum absolute atomic E-state index is 12.3. The molecule has 0 aromatic carbocycles. The summed E-state index contributed by atoms with van der Waals surface area (Å²) >= 11 is 1.33. The highest BCUT2D eigenvalue weighted by Crippen LogP contribution is 2.14. The Hall–Kier alpha value is -1.73. The molecule has 2 rings (SSSR count). The fourth-order valence-electron chi connectivity index (χ4n) is 1.53. The van der Waals surface area contributed by atoms with E-state index in [9.17, 15) is 14.7 Å². The van der Waals surface area contributed by atoms with Gasteiger partial charge in [-0.3, -0.25) is 14.0 Å². The van der Waals surface area contributed by atoms with Crippen LogP contribution in [0.1, 0.15) is 24.2 Å². The Morgan fingerprint density at radius 3 is 2.89 bits per heavy atom. The fourth-order valence-corrected chi connectivity index (χ4v) is 2.21. The number of hydrogen-bond donors (Lipinski definition) is 1. The smallest absolute Gasteiger partial charge is 0.271 e. The number of fused-ring (bicyclic) bond motifs is 1. The summed E-state index contributed by atoms with van der Waals surface area (Å²) in [5, 5.41) is 11.0. The van der Waals surface area contributed by atoms with Gasteiger partial charge in [0, 0.05) is 24.8 Å². The van der Waals surface area contributed by atoms with E-state index in [2.05, 4.69) is 4.98 Å². The normalized spacial score (nSPS) is 11.8. The van der Waals surface area contributed by atoms with Crippen LogP contribution in [-0.2, 0) is 0 Å². The molecule has 0 aliphatic rings.